The second-order valence-electron chi connectivity index (χ2n) is 6.86. The number of aryl methyl sites for hydroxylation is 2. The molecular formula is C22H18ClN3O3S. The van der Waals surface area contributed by atoms with Crippen LogP contribution in [-0.4, -0.2) is 15.5 Å². The van der Waals surface area contributed by atoms with Gasteiger partial charge >= 0.3 is 0 Å². The van der Waals surface area contributed by atoms with Gasteiger partial charge in [-0.2, -0.15) is 0 Å². The Balaban J connectivity index is 1.51. The van der Waals surface area contributed by atoms with Crippen LogP contribution < -0.4 is 15.5 Å². The lowest BCUT2D eigenvalue weighted by Crippen LogP contribution is -2.21. The molecule has 0 bridgehead atoms. The molecule has 8 heteroatoms. The zero-order valence-corrected chi connectivity index (χ0v) is 17.9. The monoisotopic (exact) mass is 439 g/mol. The van der Waals surface area contributed by atoms with Gasteiger partial charge in [0.25, 0.3) is 5.91 Å². The summed E-state index contributed by atoms with van der Waals surface area (Å²) in [6, 6.07) is 14.4. The number of pyridine rings is 1. The molecule has 2 aromatic carbocycles. The highest BCUT2D eigenvalue weighted by Gasteiger charge is 2.15. The second kappa shape index (κ2) is 8.30. The Bertz CT molecular complexity index is 1310. The lowest BCUT2D eigenvalue weighted by atomic mass is 10.2. The molecule has 0 aliphatic carbocycles. The number of anilines is 1. The molecule has 2 heterocycles. The zero-order valence-electron chi connectivity index (χ0n) is 16.3. The number of hydrogen-bond donors (Lipinski definition) is 1. The molecule has 0 aliphatic rings. The first-order valence-corrected chi connectivity index (χ1v) is 10.3. The fraction of sp³-hybridized carbons (Fsp3) is 0.136. The molecule has 0 spiro atoms. The zero-order chi connectivity index (χ0) is 21.3. The van der Waals surface area contributed by atoms with Crippen LogP contribution in [0.1, 0.15) is 21.6 Å². The quantitative estimate of drug-likeness (QED) is 0.485. The van der Waals surface area contributed by atoms with Gasteiger partial charge in [-0.3, -0.25) is 14.9 Å². The molecular weight excluding hydrogens is 422 g/mol. The summed E-state index contributed by atoms with van der Waals surface area (Å²) in [4.78, 5) is 29.6. The van der Waals surface area contributed by atoms with Crippen molar-refractivity contribution in [2.75, 3.05) is 5.32 Å². The number of benzene rings is 2. The van der Waals surface area contributed by atoms with Crippen LogP contribution in [0.3, 0.4) is 0 Å². The van der Waals surface area contributed by atoms with Gasteiger partial charge in [0.15, 0.2) is 10.9 Å². The Kier molecular flexibility index (Phi) is 5.57. The van der Waals surface area contributed by atoms with Gasteiger partial charge in [-0.25, -0.2) is 4.98 Å². The van der Waals surface area contributed by atoms with E-state index in [1.165, 1.54) is 23.6 Å². The fourth-order valence-electron chi connectivity index (χ4n) is 2.97. The summed E-state index contributed by atoms with van der Waals surface area (Å²) in [5, 5.41) is 3.85. The highest BCUT2D eigenvalue weighted by Crippen LogP contribution is 2.27. The van der Waals surface area contributed by atoms with Crippen LogP contribution in [0, 0.1) is 6.92 Å². The predicted molar refractivity (Wildman–Crippen MR) is 120 cm³/mol. The van der Waals surface area contributed by atoms with Crippen LogP contribution in [0.15, 0.2) is 59.5 Å². The predicted octanol–water partition coefficient (Wildman–Crippen LogP) is 4.79. The van der Waals surface area contributed by atoms with Gasteiger partial charge in [0.2, 0.25) is 5.43 Å². The van der Waals surface area contributed by atoms with Gasteiger partial charge in [-0.15, -0.1) is 0 Å². The van der Waals surface area contributed by atoms with Crippen molar-refractivity contribution in [2.45, 2.75) is 13.5 Å². The highest BCUT2D eigenvalue weighted by molar-refractivity contribution is 7.22. The van der Waals surface area contributed by atoms with Gasteiger partial charge < -0.3 is 9.30 Å². The van der Waals surface area contributed by atoms with Crippen molar-refractivity contribution in [1.82, 2.24) is 9.55 Å². The minimum absolute atomic E-state index is 0.157. The fourth-order valence-corrected chi connectivity index (χ4v) is 4.15. The van der Waals surface area contributed by atoms with Gasteiger partial charge in [0, 0.05) is 18.1 Å². The number of hydrogen-bond acceptors (Lipinski definition) is 5. The Labute approximate surface area is 181 Å². The second-order valence-corrected chi connectivity index (χ2v) is 8.33. The highest BCUT2D eigenvalue weighted by atomic mass is 35.5. The van der Waals surface area contributed by atoms with E-state index in [9.17, 15) is 9.59 Å². The largest absolute Gasteiger partial charge is 0.483 e. The topological polar surface area (TPSA) is 73.2 Å². The Morgan fingerprint density at radius 2 is 2.07 bits per heavy atom. The van der Waals surface area contributed by atoms with E-state index in [1.807, 2.05) is 37.3 Å². The molecule has 152 valence electrons. The van der Waals surface area contributed by atoms with E-state index >= 15 is 0 Å². The summed E-state index contributed by atoms with van der Waals surface area (Å²) < 4.78 is 8.18. The molecule has 2 aromatic heterocycles. The molecule has 0 fully saturated rings. The summed E-state index contributed by atoms with van der Waals surface area (Å²) >= 11 is 7.36. The average Bonchev–Trinajstić information content (AvgIpc) is 3.09. The van der Waals surface area contributed by atoms with Crippen molar-refractivity contribution < 1.29 is 9.53 Å². The van der Waals surface area contributed by atoms with E-state index in [-0.39, 0.29) is 23.5 Å². The third-order valence-corrected chi connectivity index (χ3v) is 5.65. The van der Waals surface area contributed by atoms with Crippen LogP contribution in [0.2, 0.25) is 5.02 Å². The Hall–Kier alpha value is -3.16. The summed E-state index contributed by atoms with van der Waals surface area (Å²) in [6.45, 7) is 2.20. The molecule has 0 unspecified atom stereocenters. The van der Waals surface area contributed by atoms with Crippen molar-refractivity contribution in [3.05, 3.63) is 86.8 Å². The third-order valence-electron chi connectivity index (χ3n) is 4.48. The standard InChI is InChI=1S/C22H18ClN3O3S/c1-13-6-7-16-20(8-13)30-22(24-16)25-21(28)17-10-18(27)19(11-26(17)2)29-12-14-4-3-5-15(23)9-14/h3-11H,12H2,1-2H3,(H,24,25,28). The molecule has 0 aliphatic heterocycles. The van der Waals surface area contributed by atoms with E-state index in [0.29, 0.717) is 10.2 Å². The van der Waals surface area contributed by atoms with Gasteiger partial charge in [-0.1, -0.05) is 41.1 Å². The van der Waals surface area contributed by atoms with Crippen LogP contribution in [-0.2, 0) is 13.7 Å². The lowest BCUT2D eigenvalue weighted by Gasteiger charge is -2.11. The molecule has 0 saturated heterocycles. The molecule has 4 aromatic rings. The summed E-state index contributed by atoms with van der Waals surface area (Å²) in [6.07, 6.45) is 1.50. The number of thiazole rings is 1. The number of aromatic nitrogens is 2. The normalized spacial score (nSPS) is 10.9. The van der Waals surface area contributed by atoms with Crippen molar-refractivity contribution in [1.29, 1.82) is 0 Å². The molecule has 6 nitrogen and oxygen atoms in total. The molecule has 1 N–H and O–H groups in total. The summed E-state index contributed by atoms with van der Waals surface area (Å²) in [7, 11) is 1.68. The van der Waals surface area contributed by atoms with Crippen LogP contribution in [0.4, 0.5) is 5.13 Å². The number of rotatable bonds is 5. The van der Waals surface area contributed by atoms with Gasteiger partial charge in [0.1, 0.15) is 12.3 Å². The lowest BCUT2D eigenvalue weighted by molar-refractivity contribution is 0.101. The van der Waals surface area contributed by atoms with Crippen LogP contribution >= 0.6 is 22.9 Å². The van der Waals surface area contributed by atoms with Gasteiger partial charge in [-0.05, 0) is 42.3 Å². The average molecular weight is 440 g/mol. The molecule has 0 radical (unpaired) electrons. The van der Waals surface area contributed by atoms with Crippen molar-refractivity contribution in [3.63, 3.8) is 0 Å². The first-order chi connectivity index (χ1) is 14.4. The van der Waals surface area contributed by atoms with Gasteiger partial charge in [0.05, 0.1) is 16.4 Å². The molecule has 0 saturated carbocycles. The Morgan fingerprint density at radius 1 is 1.23 bits per heavy atom. The first kappa shape index (κ1) is 20.1. The maximum absolute atomic E-state index is 12.7. The minimum atomic E-state index is -0.410. The van der Waals surface area contributed by atoms with Crippen molar-refractivity contribution >= 4 is 44.2 Å². The number of nitrogens with zero attached hydrogens (tertiary/aromatic N) is 2. The van der Waals surface area contributed by atoms with E-state index in [4.69, 9.17) is 16.3 Å². The van der Waals surface area contributed by atoms with E-state index in [2.05, 4.69) is 10.3 Å². The van der Waals surface area contributed by atoms with E-state index in [1.54, 1.807) is 23.7 Å². The number of carbonyl (C=O) groups is 1. The third kappa shape index (κ3) is 4.37. The SMILES string of the molecule is Cc1ccc2nc(NC(=O)c3cc(=O)c(OCc4cccc(Cl)c4)cn3C)sc2c1. The number of amides is 1. The molecule has 4 rings (SSSR count). The van der Waals surface area contributed by atoms with Crippen LogP contribution in [0.5, 0.6) is 5.75 Å². The smallest absolute Gasteiger partial charge is 0.274 e. The number of carbonyl (C=O) groups excluding carboxylic acids is 1. The van der Waals surface area contributed by atoms with Crippen molar-refractivity contribution in [3.8, 4) is 5.75 Å². The van der Waals surface area contributed by atoms with E-state index < -0.39 is 5.91 Å². The Morgan fingerprint density at radius 3 is 2.87 bits per heavy atom. The summed E-state index contributed by atoms with van der Waals surface area (Å²) in [5.74, 6) is -0.253. The number of ether oxygens (including phenoxy) is 1. The minimum Gasteiger partial charge on any atom is -0.483 e. The van der Waals surface area contributed by atoms with Crippen LogP contribution in [0.25, 0.3) is 10.2 Å². The van der Waals surface area contributed by atoms with Crippen molar-refractivity contribution in [2.24, 2.45) is 7.05 Å². The number of fused-ring (bicyclic) bond motifs is 1. The number of nitrogens with one attached hydrogen (secondary N) is 1. The molecule has 0 atom stereocenters. The van der Waals surface area contributed by atoms with E-state index in [0.717, 1.165) is 21.3 Å². The first-order valence-electron chi connectivity index (χ1n) is 9.15. The maximum atomic E-state index is 12.7. The summed E-state index contributed by atoms with van der Waals surface area (Å²) in [5.41, 5.74) is 2.63. The molecule has 1 amide bonds. The maximum Gasteiger partial charge on any atom is 0.274 e. The molecule has 30 heavy (non-hydrogen) atoms. The number of halogens is 1.